The summed E-state index contributed by atoms with van der Waals surface area (Å²) in [5.74, 6) is -2.10. The van der Waals surface area contributed by atoms with Gasteiger partial charge in [0.05, 0.1) is 10.6 Å². The van der Waals surface area contributed by atoms with E-state index in [0.29, 0.717) is 12.0 Å². The van der Waals surface area contributed by atoms with Crippen molar-refractivity contribution in [1.82, 2.24) is 10.2 Å². The number of aryl methyl sites for hydroxylation is 1. The third-order valence-electron chi connectivity index (χ3n) is 7.54. The van der Waals surface area contributed by atoms with E-state index in [-0.39, 0.29) is 29.6 Å². The Kier molecular flexibility index (Phi) is 11.1. The number of anilines is 1. The molecule has 0 heterocycles. The number of rotatable bonds is 13. The van der Waals surface area contributed by atoms with Gasteiger partial charge in [-0.25, -0.2) is 17.2 Å². The molecule has 0 saturated heterocycles. The lowest BCUT2D eigenvalue weighted by Gasteiger charge is -2.34. The van der Waals surface area contributed by atoms with E-state index in [0.717, 1.165) is 39.7 Å². The molecule has 0 radical (unpaired) electrons. The average Bonchev–Trinajstić information content (AvgIpc) is 3.03. The number of carbonyl (C=O) groups excluding carboxylic acids is 2. The minimum Gasteiger partial charge on any atom is -0.352 e. The first kappa shape index (κ1) is 33.3. The van der Waals surface area contributed by atoms with Crippen molar-refractivity contribution in [3.63, 3.8) is 0 Å². The van der Waals surface area contributed by atoms with Gasteiger partial charge in [-0.15, -0.1) is 0 Å². The highest BCUT2D eigenvalue weighted by Crippen LogP contribution is 2.26. The molecule has 0 aliphatic heterocycles. The summed E-state index contributed by atoms with van der Waals surface area (Å²) < 4.78 is 56.4. The van der Waals surface area contributed by atoms with Crippen LogP contribution in [0.1, 0.15) is 37.0 Å². The number of halogens is 2. The van der Waals surface area contributed by atoms with Crippen LogP contribution in [0.15, 0.2) is 108 Å². The van der Waals surface area contributed by atoms with Gasteiger partial charge in [0.25, 0.3) is 10.0 Å². The molecular formula is C35H37F2N3O4S. The molecule has 4 aromatic rings. The van der Waals surface area contributed by atoms with Crippen molar-refractivity contribution in [2.24, 2.45) is 0 Å². The van der Waals surface area contributed by atoms with E-state index >= 15 is 0 Å². The molecule has 0 aliphatic carbocycles. The third-order valence-corrected chi connectivity index (χ3v) is 9.33. The Labute approximate surface area is 263 Å². The maximum atomic E-state index is 14.4. The summed E-state index contributed by atoms with van der Waals surface area (Å²) in [7, 11) is -4.35. The molecule has 0 spiro atoms. The molecule has 0 unspecified atom stereocenters. The highest BCUT2D eigenvalue weighted by atomic mass is 32.2. The Morgan fingerprint density at radius 3 is 1.96 bits per heavy atom. The van der Waals surface area contributed by atoms with Crippen LogP contribution in [0, 0.1) is 18.6 Å². The highest BCUT2D eigenvalue weighted by Gasteiger charge is 2.35. The van der Waals surface area contributed by atoms with Gasteiger partial charge < -0.3 is 10.2 Å². The molecule has 2 amide bonds. The molecule has 0 aliphatic rings. The second kappa shape index (κ2) is 14.9. The number of benzene rings is 4. The molecule has 4 aromatic carbocycles. The summed E-state index contributed by atoms with van der Waals surface area (Å²) >= 11 is 0. The number of carbonyl (C=O) groups is 2. The first-order valence-electron chi connectivity index (χ1n) is 14.7. The molecule has 4 rings (SSSR count). The van der Waals surface area contributed by atoms with Crippen molar-refractivity contribution in [2.75, 3.05) is 10.8 Å². The maximum Gasteiger partial charge on any atom is 0.264 e. The van der Waals surface area contributed by atoms with Gasteiger partial charge in [-0.3, -0.25) is 13.9 Å². The zero-order chi connectivity index (χ0) is 32.6. The first-order chi connectivity index (χ1) is 21.5. The lowest BCUT2D eigenvalue weighted by Crippen LogP contribution is -2.54. The van der Waals surface area contributed by atoms with Gasteiger partial charge >= 0.3 is 0 Å². The molecule has 0 bridgehead atoms. The van der Waals surface area contributed by atoms with E-state index in [2.05, 4.69) is 5.32 Å². The van der Waals surface area contributed by atoms with Crippen molar-refractivity contribution >= 4 is 27.5 Å². The number of amides is 2. The van der Waals surface area contributed by atoms with Crippen LogP contribution in [0.4, 0.5) is 14.5 Å². The van der Waals surface area contributed by atoms with E-state index in [1.165, 1.54) is 29.2 Å². The zero-order valence-electron chi connectivity index (χ0n) is 25.5. The Hall–Kier alpha value is -4.57. The lowest BCUT2D eigenvalue weighted by molar-refractivity contribution is -0.140. The normalized spacial score (nSPS) is 12.6. The average molecular weight is 634 g/mol. The van der Waals surface area contributed by atoms with Crippen LogP contribution < -0.4 is 9.62 Å². The fourth-order valence-corrected chi connectivity index (χ4v) is 6.17. The second-order valence-corrected chi connectivity index (χ2v) is 12.8. The number of nitrogens with zero attached hydrogens (tertiary/aromatic N) is 2. The quantitative estimate of drug-likeness (QED) is 0.195. The van der Waals surface area contributed by atoms with Gasteiger partial charge in [-0.05, 0) is 79.9 Å². The molecule has 0 saturated carbocycles. The molecule has 7 nitrogen and oxygen atoms in total. The van der Waals surface area contributed by atoms with Crippen LogP contribution in [0.25, 0.3) is 0 Å². The van der Waals surface area contributed by atoms with Crippen LogP contribution in [0.2, 0.25) is 0 Å². The molecule has 45 heavy (non-hydrogen) atoms. The molecule has 1 N–H and O–H groups in total. The Balaban J connectivity index is 1.80. The smallest absolute Gasteiger partial charge is 0.264 e. The SMILES string of the molecule is CC[C@@H](C)NC(=O)[C@H](Cc1ccccc1)N(Cc1ccc(F)cc1)C(=O)CN(c1ccc(C)cc1)S(=O)(=O)c1ccc(F)cc1. The Bertz CT molecular complexity index is 1680. The van der Waals surface area contributed by atoms with E-state index in [1.807, 2.05) is 51.1 Å². The zero-order valence-corrected chi connectivity index (χ0v) is 26.3. The van der Waals surface area contributed by atoms with Crippen LogP contribution in [0.5, 0.6) is 0 Å². The summed E-state index contributed by atoms with van der Waals surface area (Å²) in [4.78, 5) is 29.4. The number of sulfonamides is 1. The molecule has 0 aromatic heterocycles. The van der Waals surface area contributed by atoms with Crippen molar-refractivity contribution in [2.45, 2.75) is 57.1 Å². The maximum absolute atomic E-state index is 14.4. The van der Waals surface area contributed by atoms with E-state index in [9.17, 15) is 26.8 Å². The topological polar surface area (TPSA) is 86.8 Å². The van der Waals surface area contributed by atoms with Crippen molar-refractivity contribution in [1.29, 1.82) is 0 Å². The van der Waals surface area contributed by atoms with Gasteiger partial charge in [0, 0.05) is 19.0 Å². The monoisotopic (exact) mass is 633 g/mol. The number of hydrogen-bond donors (Lipinski definition) is 1. The highest BCUT2D eigenvalue weighted by molar-refractivity contribution is 7.92. The number of hydrogen-bond acceptors (Lipinski definition) is 4. The van der Waals surface area contributed by atoms with Crippen LogP contribution in [0.3, 0.4) is 0 Å². The van der Waals surface area contributed by atoms with Gasteiger partial charge in [0.1, 0.15) is 24.2 Å². The van der Waals surface area contributed by atoms with E-state index in [1.54, 1.807) is 24.3 Å². The Morgan fingerprint density at radius 2 is 1.38 bits per heavy atom. The van der Waals surface area contributed by atoms with Gasteiger partial charge in [-0.1, -0.05) is 67.1 Å². The lowest BCUT2D eigenvalue weighted by atomic mass is 10.0. The van der Waals surface area contributed by atoms with Crippen molar-refractivity contribution in [3.8, 4) is 0 Å². The van der Waals surface area contributed by atoms with Crippen molar-refractivity contribution < 1.29 is 26.8 Å². The van der Waals surface area contributed by atoms with Gasteiger partial charge in [-0.2, -0.15) is 0 Å². The fraction of sp³-hybridized carbons (Fsp3) is 0.257. The van der Waals surface area contributed by atoms with Gasteiger partial charge in [0.2, 0.25) is 11.8 Å². The first-order valence-corrected chi connectivity index (χ1v) is 16.1. The van der Waals surface area contributed by atoms with Crippen LogP contribution in [-0.2, 0) is 32.6 Å². The summed E-state index contributed by atoms with van der Waals surface area (Å²) in [6.45, 7) is 4.91. The van der Waals surface area contributed by atoms with Gasteiger partial charge in [0.15, 0.2) is 0 Å². The van der Waals surface area contributed by atoms with E-state index < -0.39 is 46.1 Å². The predicted octanol–water partition coefficient (Wildman–Crippen LogP) is 6.02. The summed E-state index contributed by atoms with van der Waals surface area (Å²) in [5, 5.41) is 2.97. The Morgan fingerprint density at radius 1 is 0.800 bits per heavy atom. The van der Waals surface area contributed by atoms with E-state index in [4.69, 9.17) is 0 Å². The largest absolute Gasteiger partial charge is 0.352 e. The molecule has 236 valence electrons. The molecule has 0 fully saturated rings. The second-order valence-electron chi connectivity index (χ2n) is 11.0. The van der Waals surface area contributed by atoms with Crippen molar-refractivity contribution in [3.05, 3.63) is 131 Å². The molecular weight excluding hydrogens is 596 g/mol. The molecule has 2 atom stereocenters. The number of nitrogens with one attached hydrogen (secondary N) is 1. The minimum absolute atomic E-state index is 0.0805. The van der Waals surface area contributed by atoms with Crippen LogP contribution in [-0.4, -0.2) is 43.8 Å². The standard InChI is InChI=1S/C35H37F2N3O4S/c1-4-26(3)38-35(42)33(22-27-8-6-5-7-9-27)39(23-28-12-14-29(36)15-13-28)34(41)24-40(31-18-10-25(2)11-19-31)45(43,44)32-20-16-30(37)17-21-32/h5-21,26,33H,4,22-24H2,1-3H3,(H,38,42)/t26-,33+/m1/s1. The third kappa shape index (κ3) is 8.76. The summed E-state index contributed by atoms with van der Waals surface area (Å²) in [5.41, 5.74) is 2.46. The summed E-state index contributed by atoms with van der Waals surface area (Å²) in [6.07, 6.45) is 0.818. The van der Waals surface area contributed by atoms with Crippen LogP contribution >= 0.6 is 0 Å². The summed E-state index contributed by atoms with van der Waals surface area (Å²) in [6, 6.07) is 24.6. The minimum atomic E-state index is -4.35. The predicted molar refractivity (Wildman–Crippen MR) is 171 cm³/mol. The molecule has 10 heteroatoms. The fourth-order valence-electron chi connectivity index (χ4n) is 4.76.